The zero-order chi connectivity index (χ0) is 17.9. The molecule has 1 atom stereocenters. The lowest BCUT2D eigenvalue weighted by atomic mass is 10.1. The molecule has 1 amide bonds. The number of hydrogen-bond donors (Lipinski definition) is 2. The summed E-state index contributed by atoms with van der Waals surface area (Å²) in [5, 5.41) is 2.88. The molecule has 0 aromatic heterocycles. The summed E-state index contributed by atoms with van der Waals surface area (Å²) in [6.07, 6.45) is 5.17. The molecule has 0 radical (unpaired) electrons. The number of rotatable bonds is 8. The van der Waals surface area contributed by atoms with Crippen molar-refractivity contribution in [2.75, 3.05) is 19.6 Å². The number of benzene rings is 1. The molecule has 1 heterocycles. The highest BCUT2D eigenvalue weighted by molar-refractivity contribution is 7.89. The second kappa shape index (κ2) is 9.17. The van der Waals surface area contributed by atoms with E-state index < -0.39 is 10.0 Å². The van der Waals surface area contributed by atoms with Gasteiger partial charge in [0.25, 0.3) is 0 Å². The number of nitrogens with one attached hydrogen (secondary N) is 1. The molecule has 1 saturated carbocycles. The normalized spacial score (nSPS) is 19.0. The van der Waals surface area contributed by atoms with Gasteiger partial charge in [-0.05, 0) is 55.7 Å². The summed E-state index contributed by atoms with van der Waals surface area (Å²) >= 11 is 0. The van der Waals surface area contributed by atoms with Crippen LogP contribution in [0, 0.1) is 5.92 Å². The Kier molecular flexibility index (Phi) is 7.46. The predicted octanol–water partition coefficient (Wildman–Crippen LogP) is 1.68. The van der Waals surface area contributed by atoms with Gasteiger partial charge in [0.1, 0.15) is 0 Å². The average molecular weight is 402 g/mol. The first-order valence-corrected chi connectivity index (χ1v) is 10.5. The van der Waals surface area contributed by atoms with E-state index in [1.165, 1.54) is 12.8 Å². The summed E-state index contributed by atoms with van der Waals surface area (Å²) < 4.78 is 26.5. The molecule has 0 spiro atoms. The Bertz CT molecular complexity index is 699. The van der Waals surface area contributed by atoms with Gasteiger partial charge in [0.2, 0.25) is 15.9 Å². The van der Waals surface area contributed by atoms with Crippen molar-refractivity contribution in [3.63, 3.8) is 0 Å². The fraction of sp³-hybridized carbons (Fsp3) is 0.611. The first kappa shape index (κ1) is 21.2. The molecule has 1 aromatic rings. The summed E-state index contributed by atoms with van der Waals surface area (Å²) in [5.41, 5.74) is 6.93. The van der Waals surface area contributed by atoms with Gasteiger partial charge < -0.3 is 11.1 Å². The van der Waals surface area contributed by atoms with Gasteiger partial charge in [-0.3, -0.25) is 4.79 Å². The van der Waals surface area contributed by atoms with Crippen LogP contribution >= 0.6 is 12.4 Å². The molecule has 0 bridgehead atoms. The van der Waals surface area contributed by atoms with Crippen molar-refractivity contribution in [1.82, 2.24) is 9.62 Å². The van der Waals surface area contributed by atoms with Crippen LogP contribution in [0.15, 0.2) is 29.2 Å². The van der Waals surface area contributed by atoms with Gasteiger partial charge in [-0.1, -0.05) is 12.1 Å². The maximum absolute atomic E-state index is 12.5. The van der Waals surface area contributed by atoms with Crippen molar-refractivity contribution in [3.8, 4) is 0 Å². The lowest BCUT2D eigenvalue weighted by molar-refractivity contribution is -0.121. The van der Waals surface area contributed by atoms with Crippen molar-refractivity contribution in [1.29, 1.82) is 0 Å². The molecular formula is C18H28ClN3O3S. The van der Waals surface area contributed by atoms with Crippen LogP contribution in [0.3, 0.4) is 0 Å². The molecule has 1 aliphatic carbocycles. The molecule has 1 aliphatic heterocycles. The fourth-order valence-corrected chi connectivity index (χ4v) is 4.69. The van der Waals surface area contributed by atoms with E-state index in [0.29, 0.717) is 43.3 Å². The SMILES string of the molecule is Cl.NC(CNC(=O)CCc1ccc(S(=O)(=O)N2CCCC2)cc1)C1CC1. The number of carbonyl (C=O) groups excluding carboxylic acids is 1. The second-order valence-electron chi connectivity index (χ2n) is 7.06. The second-order valence-corrected chi connectivity index (χ2v) is 9.00. The van der Waals surface area contributed by atoms with Gasteiger partial charge in [-0.15, -0.1) is 12.4 Å². The quantitative estimate of drug-likeness (QED) is 0.693. The first-order valence-electron chi connectivity index (χ1n) is 9.08. The van der Waals surface area contributed by atoms with E-state index in [-0.39, 0.29) is 24.4 Å². The molecule has 146 valence electrons. The molecule has 2 fully saturated rings. The Hall–Kier alpha value is -1.15. The van der Waals surface area contributed by atoms with Crippen molar-refractivity contribution in [2.24, 2.45) is 11.7 Å². The summed E-state index contributed by atoms with van der Waals surface area (Å²) in [4.78, 5) is 12.2. The minimum Gasteiger partial charge on any atom is -0.355 e. The highest BCUT2D eigenvalue weighted by Gasteiger charge is 2.28. The van der Waals surface area contributed by atoms with E-state index in [1.807, 2.05) is 0 Å². The summed E-state index contributed by atoms with van der Waals surface area (Å²) in [5.74, 6) is 0.565. The Morgan fingerprint density at radius 1 is 1.19 bits per heavy atom. The molecule has 3 N–H and O–H groups in total. The van der Waals surface area contributed by atoms with Crippen molar-refractivity contribution in [2.45, 2.75) is 49.5 Å². The Labute approximate surface area is 162 Å². The Morgan fingerprint density at radius 3 is 2.38 bits per heavy atom. The minimum atomic E-state index is -3.37. The summed E-state index contributed by atoms with van der Waals surface area (Å²) in [6, 6.07) is 6.95. The third-order valence-electron chi connectivity index (χ3n) is 5.03. The number of nitrogens with zero attached hydrogens (tertiary/aromatic N) is 1. The molecular weight excluding hydrogens is 374 g/mol. The number of aryl methyl sites for hydroxylation is 1. The van der Waals surface area contributed by atoms with Gasteiger partial charge in [0, 0.05) is 32.1 Å². The number of sulfonamides is 1. The fourth-order valence-electron chi connectivity index (χ4n) is 3.17. The standard InChI is InChI=1S/C18H27N3O3S.ClH/c19-17(15-6-7-15)13-20-18(22)10-5-14-3-8-16(9-4-14)25(23,24)21-11-1-2-12-21;/h3-4,8-9,15,17H,1-2,5-7,10-13,19H2,(H,20,22);1H. The maximum Gasteiger partial charge on any atom is 0.243 e. The van der Waals surface area contributed by atoms with Gasteiger partial charge in [-0.25, -0.2) is 8.42 Å². The monoisotopic (exact) mass is 401 g/mol. The molecule has 2 aliphatic rings. The van der Waals surface area contributed by atoms with Gasteiger partial charge in [0.15, 0.2) is 0 Å². The van der Waals surface area contributed by atoms with Crippen LogP contribution in [0.25, 0.3) is 0 Å². The van der Waals surface area contributed by atoms with E-state index in [0.717, 1.165) is 18.4 Å². The third kappa shape index (κ3) is 5.42. The predicted molar refractivity (Wildman–Crippen MR) is 104 cm³/mol. The molecule has 1 saturated heterocycles. The molecule has 3 rings (SSSR count). The average Bonchev–Trinajstić information content (AvgIpc) is 3.31. The van der Waals surface area contributed by atoms with Crippen LogP contribution in [0.5, 0.6) is 0 Å². The molecule has 8 heteroatoms. The molecule has 26 heavy (non-hydrogen) atoms. The molecule has 1 unspecified atom stereocenters. The first-order chi connectivity index (χ1) is 12.0. The van der Waals surface area contributed by atoms with E-state index in [1.54, 1.807) is 28.6 Å². The smallest absolute Gasteiger partial charge is 0.243 e. The van der Waals surface area contributed by atoms with Gasteiger partial charge in [0.05, 0.1) is 4.90 Å². The maximum atomic E-state index is 12.5. The van der Waals surface area contributed by atoms with Crippen LogP contribution in [-0.2, 0) is 21.2 Å². The highest BCUT2D eigenvalue weighted by atomic mass is 35.5. The number of halogens is 1. The van der Waals surface area contributed by atoms with Crippen molar-refractivity contribution in [3.05, 3.63) is 29.8 Å². The van der Waals surface area contributed by atoms with Crippen LogP contribution in [0.4, 0.5) is 0 Å². The molecule has 1 aromatic carbocycles. The van der Waals surface area contributed by atoms with Crippen LogP contribution < -0.4 is 11.1 Å². The van der Waals surface area contributed by atoms with Crippen LogP contribution in [0.1, 0.15) is 37.7 Å². The van der Waals surface area contributed by atoms with Gasteiger partial charge in [-0.2, -0.15) is 4.31 Å². The number of hydrogen-bond acceptors (Lipinski definition) is 4. The zero-order valence-corrected chi connectivity index (χ0v) is 16.5. The van der Waals surface area contributed by atoms with E-state index in [4.69, 9.17) is 5.73 Å². The van der Waals surface area contributed by atoms with Gasteiger partial charge >= 0.3 is 0 Å². The lowest BCUT2D eigenvalue weighted by Crippen LogP contribution is -2.38. The highest BCUT2D eigenvalue weighted by Crippen LogP contribution is 2.31. The van der Waals surface area contributed by atoms with Crippen LogP contribution in [0.2, 0.25) is 0 Å². The zero-order valence-electron chi connectivity index (χ0n) is 14.9. The van der Waals surface area contributed by atoms with Crippen LogP contribution in [-0.4, -0.2) is 44.3 Å². The Balaban J connectivity index is 0.00000243. The minimum absolute atomic E-state index is 0. The number of carbonyl (C=O) groups is 1. The summed E-state index contributed by atoms with van der Waals surface area (Å²) in [7, 11) is -3.37. The van der Waals surface area contributed by atoms with Crippen molar-refractivity contribution < 1.29 is 13.2 Å². The number of amides is 1. The molecule has 6 nitrogen and oxygen atoms in total. The topological polar surface area (TPSA) is 92.5 Å². The summed E-state index contributed by atoms with van der Waals surface area (Å²) in [6.45, 7) is 1.75. The van der Waals surface area contributed by atoms with E-state index in [9.17, 15) is 13.2 Å². The Morgan fingerprint density at radius 2 is 1.81 bits per heavy atom. The lowest BCUT2D eigenvalue weighted by Gasteiger charge is -2.15. The van der Waals surface area contributed by atoms with E-state index >= 15 is 0 Å². The van der Waals surface area contributed by atoms with E-state index in [2.05, 4.69) is 5.32 Å². The number of nitrogens with two attached hydrogens (primary N) is 1. The third-order valence-corrected chi connectivity index (χ3v) is 6.94. The largest absolute Gasteiger partial charge is 0.355 e. The van der Waals surface area contributed by atoms with Crippen molar-refractivity contribution >= 4 is 28.3 Å².